The van der Waals surface area contributed by atoms with Gasteiger partial charge in [0.15, 0.2) is 0 Å². The molecule has 5 nitrogen and oxygen atoms in total. The highest BCUT2D eigenvalue weighted by molar-refractivity contribution is 5.75. The summed E-state index contributed by atoms with van der Waals surface area (Å²) in [5.74, 6) is -0.751. The average Bonchev–Trinajstić information content (AvgIpc) is 2.29. The number of hydrogen-bond donors (Lipinski definition) is 1. The lowest BCUT2D eigenvalue weighted by atomic mass is 9.76. The summed E-state index contributed by atoms with van der Waals surface area (Å²) in [6.45, 7) is 4.94. The summed E-state index contributed by atoms with van der Waals surface area (Å²) < 4.78 is 4.88. The molecule has 1 rings (SSSR count). The van der Waals surface area contributed by atoms with E-state index in [2.05, 4.69) is 0 Å². The first kappa shape index (κ1) is 12.8. The van der Waals surface area contributed by atoms with E-state index in [1.54, 1.807) is 11.8 Å². The molecule has 92 valence electrons. The normalized spacial score (nSPS) is 19.2. The van der Waals surface area contributed by atoms with Crippen molar-refractivity contribution in [1.29, 1.82) is 0 Å². The summed E-state index contributed by atoms with van der Waals surface area (Å²) in [4.78, 5) is 24.2. The number of carboxylic acids is 1. The fourth-order valence-corrected chi connectivity index (χ4v) is 2.05. The van der Waals surface area contributed by atoms with E-state index in [0.717, 1.165) is 0 Å². The summed E-state index contributed by atoms with van der Waals surface area (Å²) >= 11 is 0. The summed E-state index contributed by atoms with van der Waals surface area (Å²) in [5.41, 5.74) is -0.650. The van der Waals surface area contributed by atoms with Crippen molar-refractivity contribution >= 4 is 12.1 Å². The van der Waals surface area contributed by atoms with Crippen molar-refractivity contribution < 1.29 is 19.4 Å². The first-order valence-electron chi connectivity index (χ1n) is 5.71. The van der Waals surface area contributed by atoms with Crippen LogP contribution in [0.3, 0.4) is 0 Å². The first-order chi connectivity index (χ1) is 7.55. The summed E-state index contributed by atoms with van der Waals surface area (Å²) in [7, 11) is 0. The molecule has 1 aliphatic rings. The van der Waals surface area contributed by atoms with E-state index in [-0.39, 0.29) is 6.09 Å². The first-order valence-corrected chi connectivity index (χ1v) is 5.71. The second-order valence-corrected chi connectivity index (χ2v) is 4.13. The molecule has 16 heavy (non-hydrogen) atoms. The molecule has 1 N–H and O–H groups in total. The smallest absolute Gasteiger partial charge is 0.409 e. The summed E-state index contributed by atoms with van der Waals surface area (Å²) in [5, 5.41) is 9.18. The fourth-order valence-electron chi connectivity index (χ4n) is 2.05. The van der Waals surface area contributed by atoms with Crippen LogP contribution in [0, 0.1) is 5.41 Å². The molecule has 0 saturated carbocycles. The topological polar surface area (TPSA) is 66.8 Å². The van der Waals surface area contributed by atoms with Gasteiger partial charge in [-0.15, -0.1) is 0 Å². The maximum Gasteiger partial charge on any atom is 0.409 e. The maximum absolute atomic E-state index is 11.4. The van der Waals surface area contributed by atoms with Gasteiger partial charge < -0.3 is 14.7 Å². The second-order valence-electron chi connectivity index (χ2n) is 4.13. The molecular weight excluding hydrogens is 210 g/mol. The highest BCUT2D eigenvalue weighted by Crippen LogP contribution is 2.35. The van der Waals surface area contributed by atoms with Crippen molar-refractivity contribution in [3.05, 3.63) is 0 Å². The van der Waals surface area contributed by atoms with Crippen molar-refractivity contribution in [2.24, 2.45) is 5.41 Å². The van der Waals surface area contributed by atoms with Crippen LogP contribution in [-0.4, -0.2) is 41.8 Å². The molecule has 0 aromatic heterocycles. The summed E-state index contributed by atoms with van der Waals surface area (Å²) in [6, 6.07) is 0. The van der Waals surface area contributed by atoms with E-state index >= 15 is 0 Å². The zero-order chi connectivity index (χ0) is 12.2. The van der Waals surface area contributed by atoms with Crippen LogP contribution < -0.4 is 0 Å². The van der Waals surface area contributed by atoms with Crippen LogP contribution in [-0.2, 0) is 9.53 Å². The van der Waals surface area contributed by atoms with Gasteiger partial charge in [0, 0.05) is 13.1 Å². The Labute approximate surface area is 95.4 Å². The quantitative estimate of drug-likeness (QED) is 0.800. The van der Waals surface area contributed by atoms with E-state index in [9.17, 15) is 14.7 Å². The van der Waals surface area contributed by atoms with Crippen LogP contribution in [0.15, 0.2) is 0 Å². The number of nitrogens with zero attached hydrogens (tertiary/aromatic N) is 1. The maximum atomic E-state index is 11.4. The largest absolute Gasteiger partial charge is 0.481 e. The van der Waals surface area contributed by atoms with Crippen molar-refractivity contribution in [2.75, 3.05) is 19.7 Å². The number of hydrogen-bond acceptors (Lipinski definition) is 3. The molecule has 1 saturated heterocycles. The molecule has 0 unspecified atom stereocenters. The minimum absolute atomic E-state index is 0.336. The number of amides is 1. The number of aliphatic carboxylic acids is 1. The highest BCUT2D eigenvalue weighted by Gasteiger charge is 2.41. The molecular formula is C11H19NO4. The zero-order valence-electron chi connectivity index (χ0n) is 9.86. The standard InChI is InChI=1S/C11H19NO4/c1-3-11(9(13)14)5-7-12(8-6-11)10(15)16-4-2/h3-8H2,1-2H3,(H,13,14). The Hall–Kier alpha value is -1.26. The predicted octanol–water partition coefficient (Wildman–Crippen LogP) is 1.72. The van der Waals surface area contributed by atoms with Crippen LogP contribution in [0.2, 0.25) is 0 Å². The van der Waals surface area contributed by atoms with E-state index in [4.69, 9.17) is 4.74 Å². The van der Waals surface area contributed by atoms with Crippen LogP contribution >= 0.6 is 0 Å². The monoisotopic (exact) mass is 229 g/mol. The number of likely N-dealkylation sites (tertiary alicyclic amines) is 1. The van der Waals surface area contributed by atoms with Crippen molar-refractivity contribution in [3.8, 4) is 0 Å². The van der Waals surface area contributed by atoms with Crippen molar-refractivity contribution in [2.45, 2.75) is 33.1 Å². The van der Waals surface area contributed by atoms with Crippen LogP contribution in [0.5, 0.6) is 0 Å². The molecule has 0 spiro atoms. The minimum atomic E-state index is -0.751. The predicted molar refractivity (Wildman–Crippen MR) is 58.2 cm³/mol. The number of rotatable bonds is 3. The number of carbonyl (C=O) groups is 2. The Bertz CT molecular complexity index is 269. The second kappa shape index (κ2) is 5.18. The number of piperidine rings is 1. The highest BCUT2D eigenvalue weighted by atomic mass is 16.6. The third kappa shape index (κ3) is 2.46. The van der Waals surface area contributed by atoms with E-state index < -0.39 is 11.4 Å². The molecule has 1 fully saturated rings. The molecule has 0 aliphatic carbocycles. The van der Waals surface area contributed by atoms with Gasteiger partial charge in [0.1, 0.15) is 0 Å². The third-order valence-electron chi connectivity index (χ3n) is 3.38. The number of carbonyl (C=O) groups excluding carboxylic acids is 1. The lowest BCUT2D eigenvalue weighted by molar-refractivity contribution is -0.152. The van der Waals surface area contributed by atoms with Gasteiger partial charge in [-0.3, -0.25) is 4.79 Å². The van der Waals surface area contributed by atoms with Crippen molar-refractivity contribution in [3.63, 3.8) is 0 Å². The van der Waals surface area contributed by atoms with Crippen molar-refractivity contribution in [1.82, 2.24) is 4.90 Å². The Morgan fingerprint density at radius 1 is 1.31 bits per heavy atom. The van der Waals surface area contributed by atoms with Gasteiger partial charge in [0.05, 0.1) is 12.0 Å². The van der Waals surface area contributed by atoms with E-state index in [1.807, 2.05) is 6.92 Å². The molecule has 1 aliphatic heterocycles. The lowest BCUT2D eigenvalue weighted by Crippen LogP contribution is -2.46. The van der Waals surface area contributed by atoms with Gasteiger partial charge in [-0.1, -0.05) is 6.92 Å². The van der Waals surface area contributed by atoms with Gasteiger partial charge in [0.2, 0.25) is 0 Å². The Morgan fingerprint density at radius 3 is 2.25 bits per heavy atom. The van der Waals surface area contributed by atoms with Crippen LogP contribution in [0.1, 0.15) is 33.1 Å². The molecule has 0 bridgehead atoms. The Balaban J connectivity index is 2.56. The number of ether oxygens (including phenoxy) is 1. The van der Waals surface area contributed by atoms with Gasteiger partial charge in [0.25, 0.3) is 0 Å². The van der Waals surface area contributed by atoms with Gasteiger partial charge in [-0.05, 0) is 26.2 Å². The average molecular weight is 229 g/mol. The van der Waals surface area contributed by atoms with Gasteiger partial charge in [-0.2, -0.15) is 0 Å². The zero-order valence-corrected chi connectivity index (χ0v) is 9.86. The Kier molecular flexibility index (Phi) is 4.15. The van der Waals surface area contributed by atoms with Crippen LogP contribution in [0.25, 0.3) is 0 Å². The molecule has 0 aromatic rings. The molecule has 1 amide bonds. The Morgan fingerprint density at radius 2 is 1.88 bits per heavy atom. The molecule has 1 heterocycles. The SMILES string of the molecule is CCOC(=O)N1CCC(CC)(C(=O)O)CC1. The molecule has 0 radical (unpaired) electrons. The van der Waals surface area contributed by atoms with E-state index in [1.165, 1.54) is 0 Å². The van der Waals surface area contributed by atoms with Gasteiger partial charge in [-0.25, -0.2) is 4.79 Å². The molecule has 5 heteroatoms. The number of carboxylic acid groups (broad SMARTS) is 1. The van der Waals surface area contributed by atoms with E-state index in [0.29, 0.717) is 39.0 Å². The fraction of sp³-hybridized carbons (Fsp3) is 0.818. The lowest BCUT2D eigenvalue weighted by Gasteiger charge is -2.37. The molecule has 0 atom stereocenters. The summed E-state index contributed by atoms with van der Waals surface area (Å²) in [6.07, 6.45) is 1.30. The third-order valence-corrected chi connectivity index (χ3v) is 3.38. The van der Waals surface area contributed by atoms with Gasteiger partial charge >= 0.3 is 12.1 Å². The van der Waals surface area contributed by atoms with Crippen LogP contribution in [0.4, 0.5) is 4.79 Å². The molecule has 0 aromatic carbocycles. The minimum Gasteiger partial charge on any atom is -0.481 e.